The second-order valence-electron chi connectivity index (χ2n) is 9.73. The van der Waals surface area contributed by atoms with Crippen LogP contribution in [0, 0.1) is 5.82 Å². The topological polar surface area (TPSA) is 79.7 Å². The first-order valence-corrected chi connectivity index (χ1v) is 11.8. The Morgan fingerprint density at radius 1 is 1.11 bits per heavy atom. The molecule has 1 unspecified atom stereocenters. The minimum atomic E-state index is -0.853. The van der Waals surface area contributed by atoms with Crippen molar-refractivity contribution in [1.29, 1.82) is 0 Å². The molecule has 1 aliphatic rings. The smallest absolute Gasteiger partial charge is 0.295 e. The molecule has 1 amide bonds. The van der Waals surface area contributed by atoms with Gasteiger partial charge in [-0.05, 0) is 59.9 Å². The number of pyridine rings is 1. The van der Waals surface area contributed by atoms with E-state index in [1.807, 2.05) is 27.7 Å². The number of hydrogen-bond acceptors (Lipinski definition) is 5. The lowest BCUT2D eigenvalue weighted by Crippen LogP contribution is -2.29. The fourth-order valence-electron chi connectivity index (χ4n) is 4.41. The van der Waals surface area contributed by atoms with Gasteiger partial charge in [0.05, 0.1) is 18.2 Å². The third-order valence-corrected chi connectivity index (χ3v) is 6.17. The van der Waals surface area contributed by atoms with Crippen molar-refractivity contribution < 1.29 is 23.8 Å². The molecule has 6 nitrogen and oxygen atoms in total. The number of hydrogen-bond donors (Lipinski definition) is 1. The van der Waals surface area contributed by atoms with Gasteiger partial charge in [0.15, 0.2) is 0 Å². The molecular weight excluding hydrogens is 459 g/mol. The normalized spacial score (nSPS) is 17.5. The average molecular weight is 489 g/mol. The summed E-state index contributed by atoms with van der Waals surface area (Å²) in [4.78, 5) is 32.0. The SMILES string of the molecule is CCOc1ccc(/C(O)=C2/C(=O)C(=O)N(Cc3ccc(F)cc3)C2c2cccnc2)cc1C(C)(C)C. The first-order chi connectivity index (χ1) is 17.1. The molecule has 1 N–H and O–H groups in total. The molecule has 0 bridgehead atoms. The number of aromatic nitrogens is 1. The summed E-state index contributed by atoms with van der Waals surface area (Å²) in [6.07, 6.45) is 3.16. The zero-order valence-corrected chi connectivity index (χ0v) is 20.8. The molecule has 1 fully saturated rings. The lowest BCUT2D eigenvalue weighted by Gasteiger charge is -2.26. The fourth-order valence-corrected chi connectivity index (χ4v) is 4.41. The number of likely N-dealkylation sites (tertiary alicyclic amines) is 1. The Morgan fingerprint density at radius 3 is 2.44 bits per heavy atom. The number of halogens is 1. The van der Waals surface area contributed by atoms with Gasteiger partial charge in [-0.15, -0.1) is 0 Å². The number of aliphatic hydroxyl groups is 1. The van der Waals surface area contributed by atoms with Gasteiger partial charge in [0, 0.05) is 30.1 Å². The largest absolute Gasteiger partial charge is 0.507 e. The highest BCUT2D eigenvalue weighted by Gasteiger charge is 2.46. The van der Waals surface area contributed by atoms with Gasteiger partial charge in [-0.25, -0.2) is 4.39 Å². The summed E-state index contributed by atoms with van der Waals surface area (Å²) in [5.74, 6) is -1.49. The Kier molecular flexibility index (Phi) is 6.93. The highest BCUT2D eigenvalue weighted by Crippen LogP contribution is 2.41. The number of Topliss-reactive ketones (excluding diaryl/α,β-unsaturated/α-hetero) is 1. The van der Waals surface area contributed by atoms with Crippen LogP contribution in [0.1, 0.15) is 56.0 Å². The van der Waals surface area contributed by atoms with Crippen molar-refractivity contribution >= 4 is 17.4 Å². The van der Waals surface area contributed by atoms with Crippen molar-refractivity contribution in [2.75, 3.05) is 6.61 Å². The van der Waals surface area contributed by atoms with E-state index in [1.54, 1.807) is 54.9 Å². The van der Waals surface area contributed by atoms with E-state index in [-0.39, 0.29) is 23.3 Å². The molecule has 4 rings (SSSR count). The van der Waals surface area contributed by atoms with Gasteiger partial charge >= 0.3 is 0 Å². The molecule has 2 aromatic carbocycles. The zero-order valence-electron chi connectivity index (χ0n) is 20.8. The molecule has 2 heterocycles. The number of carbonyl (C=O) groups excluding carboxylic acids is 2. The fraction of sp³-hybridized carbons (Fsp3) is 0.276. The Bertz CT molecular complexity index is 1310. The number of benzene rings is 2. The third-order valence-electron chi connectivity index (χ3n) is 6.17. The number of carbonyl (C=O) groups is 2. The van der Waals surface area contributed by atoms with Crippen LogP contribution in [0.15, 0.2) is 72.6 Å². The molecule has 7 heteroatoms. The van der Waals surface area contributed by atoms with Crippen LogP contribution in [0.25, 0.3) is 5.76 Å². The van der Waals surface area contributed by atoms with Crippen molar-refractivity contribution in [3.8, 4) is 5.75 Å². The number of ether oxygens (including phenoxy) is 1. The van der Waals surface area contributed by atoms with Crippen LogP contribution in [-0.2, 0) is 21.5 Å². The van der Waals surface area contributed by atoms with Crippen molar-refractivity contribution in [3.05, 3.63) is 101 Å². The summed E-state index contributed by atoms with van der Waals surface area (Å²) in [7, 11) is 0. The molecule has 1 aromatic heterocycles. The molecule has 0 radical (unpaired) electrons. The summed E-state index contributed by atoms with van der Waals surface area (Å²) < 4.78 is 19.2. The molecule has 0 aliphatic carbocycles. The number of nitrogens with zero attached hydrogens (tertiary/aromatic N) is 2. The predicted molar refractivity (Wildman–Crippen MR) is 135 cm³/mol. The molecule has 3 aromatic rings. The van der Waals surface area contributed by atoms with E-state index < -0.39 is 23.5 Å². The maximum absolute atomic E-state index is 13.4. The van der Waals surface area contributed by atoms with Crippen molar-refractivity contribution in [2.24, 2.45) is 0 Å². The standard InChI is InChI=1S/C29H29FN2O4/c1-5-36-23-13-10-19(15-22(23)29(2,3)4)26(33)24-25(20-7-6-14-31-16-20)32(28(35)27(24)34)17-18-8-11-21(30)12-9-18/h6-16,25,33H,5,17H2,1-4H3/b26-24-. The van der Waals surface area contributed by atoms with Gasteiger partial charge in [0.25, 0.3) is 11.7 Å². The molecule has 36 heavy (non-hydrogen) atoms. The Hall–Kier alpha value is -4.00. The molecule has 186 valence electrons. The van der Waals surface area contributed by atoms with Gasteiger partial charge in [-0.3, -0.25) is 14.6 Å². The van der Waals surface area contributed by atoms with Crippen molar-refractivity contribution in [3.63, 3.8) is 0 Å². The molecule has 1 aliphatic heterocycles. The van der Waals surface area contributed by atoms with Crippen molar-refractivity contribution in [2.45, 2.75) is 45.7 Å². The minimum absolute atomic E-state index is 0.0147. The van der Waals surface area contributed by atoms with Crippen LogP contribution in [0.4, 0.5) is 4.39 Å². The second-order valence-corrected chi connectivity index (χ2v) is 9.73. The summed E-state index contributed by atoms with van der Waals surface area (Å²) >= 11 is 0. The van der Waals surface area contributed by atoms with E-state index in [0.717, 1.165) is 5.56 Å². The van der Waals surface area contributed by atoms with Gasteiger partial charge in [-0.2, -0.15) is 0 Å². The third kappa shape index (κ3) is 4.87. The lowest BCUT2D eigenvalue weighted by molar-refractivity contribution is -0.140. The van der Waals surface area contributed by atoms with E-state index in [9.17, 15) is 19.1 Å². The van der Waals surface area contributed by atoms with Gasteiger partial charge in [0.1, 0.15) is 17.3 Å². The maximum atomic E-state index is 13.4. The van der Waals surface area contributed by atoms with E-state index >= 15 is 0 Å². The maximum Gasteiger partial charge on any atom is 0.295 e. The highest BCUT2D eigenvalue weighted by molar-refractivity contribution is 6.46. The Morgan fingerprint density at radius 2 is 1.83 bits per heavy atom. The summed E-state index contributed by atoms with van der Waals surface area (Å²) in [5.41, 5.74) is 2.21. The van der Waals surface area contributed by atoms with Crippen LogP contribution in [-0.4, -0.2) is 33.3 Å². The molecule has 0 spiro atoms. The molecule has 0 saturated carbocycles. The van der Waals surface area contributed by atoms with Crippen LogP contribution < -0.4 is 4.74 Å². The Balaban J connectivity index is 1.86. The predicted octanol–water partition coefficient (Wildman–Crippen LogP) is 5.54. The van der Waals surface area contributed by atoms with Gasteiger partial charge in [0.2, 0.25) is 0 Å². The quantitative estimate of drug-likeness (QED) is 0.280. The van der Waals surface area contributed by atoms with Crippen LogP contribution in [0.3, 0.4) is 0 Å². The highest BCUT2D eigenvalue weighted by atomic mass is 19.1. The first-order valence-electron chi connectivity index (χ1n) is 11.8. The summed E-state index contributed by atoms with van der Waals surface area (Å²) in [6, 6.07) is 13.6. The zero-order chi connectivity index (χ0) is 26.0. The Labute approximate surface area is 210 Å². The van der Waals surface area contributed by atoms with Gasteiger partial charge < -0.3 is 14.7 Å². The summed E-state index contributed by atoms with van der Waals surface area (Å²) in [6.45, 7) is 8.56. The van der Waals surface area contributed by atoms with Crippen LogP contribution >= 0.6 is 0 Å². The van der Waals surface area contributed by atoms with E-state index in [1.165, 1.54) is 17.0 Å². The minimum Gasteiger partial charge on any atom is -0.507 e. The van der Waals surface area contributed by atoms with Crippen molar-refractivity contribution in [1.82, 2.24) is 9.88 Å². The number of ketones is 1. The van der Waals surface area contributed by atoms with E-state index in [0.29, 0.717) is 29.0 Å². The molecule has 1 saturated heterocycles. The second kappa shape index (κ2) is 9.93. The van der Waals surface area contributed by atoms with E-state index in [2.05, 4.69) is 4.98 Å². The number of aliphatic hydroxyl groups excluding tert-OH is 1. The lowest BCUT2D eigenvalue weighted by atomic mass is 9.84. The van der Waals surface area contributed by atoms with Gasteiger partial charge in [-0.1, -0.05) is 39.0 Å². The number of rotatable bonds is 6. The summed E-state index contributed by atoms with van der Waals surface area (Å²) in [5, 5.41) is 11.4. The monoisotopic (exact) mass is 488 g/mol. The molecule has 1 atom stereocenters. The average Bonchev–Trinajstić information content (AvgIpc) is 3.10. The first kappa shape index (κ1) is 25.1. The molecular formula is C29H29FN2O4. The van der Waals surface area contributed by atoms with Crippen LogP contribution in [0.5, 0.6) is 5.75 Å². The van der Waals surface area contributed by atoms with E-state index in [4.69, 9.17) is 4.74 Å². The number of amides is 1. The van der Waals surface area contributed by atoms with Crippen LogP contribution in [0.2, 0.25) is 0 Å².